The Kier molecular flexibility index (Phi) is 5.34. The van der Waals surface area contributed by atoms with E-state index in [2.05, 4.69) is 44.8 Å². The van der Waals surface area contributed by atoms with Gasteiger partial charge in [-0.15, -0.1) is 0 Å². The zero-order valence-electron chi connectivity index (χ0n) is 12.0. The quantitative estimate of drug-likeness (QED) is 0.511. The van der Waals surface area contributed by atoms with Crippen LogP contribution in [0.15, 0.2) is 4.99 Å². The summed E-state index contributed by atoms with van der Waals surface area (Å²) in [7, 11) is 0. The summed E-state index contributed by atoms with van der Waals surface area (Å²) in [5.74, 6) is 2.23. The summed E-state index contributed by atoms with van der Waals surface area (Å²) in [6.07, 6.45) is 5.05. The van der Waals surface area contributed by atoms with E-state index in [9.17, 15) is 0 Å². The zero-order valence-corrected chi connectivity index (χ0v) is 12.8. The molecular weight excluding hydrogens is 226 g/mol. The fourth-order valence-electron chi connectivity index (χ4n) is 3.29. The summed E-state index contributed by atoms with van der Waals surface area (Å²) in [5, 5.41) is 2.63. The molecule has 1 aliphatic rings. The van der Waals surface area contributed by atoms with Crippen LogP contribution in [0.5, 0.6) is 0 Å². The Bertz CT molecular complexity index is 272. The van der Waals surface area contributed by atoms with Gasteiger partial charge in [-0.05, 0) is 48.2 Å². The Labute approximate surface area is 112 Å². The highest BCUT2D eigenvalue weighted by molar-refractivity contribution is 7.78. The maximum Gasteiger partial charge on any atom is 0.0659 e. The molecule has 2 atom stereocenters. The summed E-state index contributed by atoms with van der Waals surface area (Å²) in [4.78, 5) is 4.47. The molecule has 1 saturated carbocycles. The highest BCUT2D eigenvalue weighted by Gasteiger charge is 2.39. The van der Waals surface area contributed by atoms with Crippen molar-refractivity contribution in [3.8, 4) is 0 Å². The molecule has 0 aliphatic heterocycles. The second-order valence-electron chi connectivity index (χ2n) is 6.58. The third-order valence-electron chi connectivity index (χ3n) is 4.62. The molecule has 17 heavy (non-hydrogen) atoms. The fraction of sp³-hybridized carbons (Fsp3) is 0.933. The molecule has 2 heteroatoms. The van der Waals surface area contributed by atoms with Crippen LogP contribution in [-0.4, -0.2) is 11.2 Å². The van der Waals surface area contributed by atoms with Crippen LogP contribution in [0.2, 0.25) is 0 Å². The normalized spacial score (nSPS) is 34.2. The van der Waals surface area contributed by atoms with Crippen LogP contribution in [0.25, 0.3) is 0 Å². The molecule has 0 aromatic rings. The molecule has 1 nitrogen and oxygen atoms in total. The number of hydrogen-bond donors (Lipinski definition) is 0. The molecule has 1 fully saturated rings. The van der Waals surface area contributed by atoms with Crippen molar-refractivity contribution in [1.29, 1.82) is 0 Å². The third kappa shape index (κ3) is 3.63. The highest BCUT2D eigenvalue weighted by Crippen LogP contribution is 2.45. The van der Waals surface area contributed by atoms with Gasteiger partial charge < -0.3 is 0 Å². The van der Waals surface area contributed by atoms with Crippen LogP contribution in [0.3, 0.4) is 0 Å². The van der Waals surface area contributed by atoms with Crippen LogP contribution in [0.4, 0.5) is 0 Å². The standard InChI is InChI=1S/C15H27NS/c1-6-11-8-13(15(3,4)5)9-12(7-2)14(11)16-10-17/h11-14H,6-9H2,1-5H3. The van der Waals surface area contributed by atoms with Gasteiger partial charge in [0.1, 0.15) is 0 Å². The van der Waals surface area contributed by atoms with Crippen LogP contribution in [0, 0.1) is 23.2 Å². The van der Waals surface area contributed by atoms with Gasteiger partial charge in [0.25, 0.3) is 0 Å². The predicted octanol–water partition coefficient (Wildman–Crippen LogP) is 4.97. The second-order valence-corrected chi connectivity index (χ2v) is 6.76. The maximum absolute atomic E-state index is 4.82. The molecule has 0 spiro atoms. The fourth-order valence-corrected chi connectivity index (χ4v) is 3.41. The van der Waals surface area contributed by atoms with Gasteiger partial charge in [0.05, 0.1) is 11.2 Å². The topological polar surface area (TPSA) is 12.4 Å². The van der Waals surface area contributed by atoms with Gasteiger partial charge in [-0.2, -0.15) is 0 Å². The minimum atomic E-state index is 0.424. The van der Waals surface area contributed by atoms with Crippen molar-refractivity contribution < 1.29 is 0 Å². The molecule has 0 N–H and O–H groups in total. The number of isothiocyanates is 1. The number of thiocarbonyl (C=S) groups is 1. The smallest absolute Gasteiger partial charge is 0.0659 e. The van der Waals surface area contributed by atoms with Gasteiger partial charge in [0.15, 0.2) is 0 Å². The molecule has 0 saturated heterocycles. The van der Waals surface area contributed by atoms with E-state index >= 15 is 0 Å². The van der Waals surface area contributed by atoms with Crippen LogP contribution in [0.1, 0.15) is 60.3 Å². The van der Waals surface area contributed by atoms with E-state index < -0.39 is 0 Å². The summed E-state index contributed by atoms with van der Waals surface area (Å²) in [5.41, 5.74) is 0.424. The lowest BCUT2D eigenvalue weighted by atomic mass is 9.63. The van der Waals surface area contributed by atoms with Crippen molar-refractivity contribution in [2.45, 2.75) is 66.3 Å². The van der Waals surface area contributed by atoms with E-state index in [0.717, 1.165) is 5.92 Å². The van der Waals surface area contributed by atoms with Gasteiger partial charge in [-0.3, -0.25) is 0 Å². The molecule has 0 bridgehead atoms. The molecule has 0 radical (unpaired) electrons. The van der Waals surface area contributed by atoms with E-state index in [1.165, 1.54) is 25.7 Å². The first kappa shape index (κ1) is 14.9. The van der Waals surface area contributed by atoms with Crippen molar-refractivity contribution >= 4 is 17.4 Å². The summed E-state index contributed by atoms with van der Waals surface area (Å²) >= 11 is 4.82. The van der Waals surface area contributed by atoms with Crippen molar-refractivity contribution in [2.24, 2.45) is 28.2 Å². The third-order valence-corrected chi connectivity index (χ3v) is 4.72. The monoisotopic (exact) mass is 253 g/mol. The largest absolute Gasteiger partial charge is 0.229 e. The number of aliphatic imine (C=N–C) groups is 1. The first-order valence-corrected chi connectivity index (χ1v) is 7.41. The minimum Gasteiger partial charge on any atom is -0.229 e. The Morgan fingerprint density at radius 3 is 1.88 bits per heavy atom. The van der Waals surface area contributed by atoms with Gasteiger partial charge in [0, 0.05) is 0 Å². The Morgan fingerprint density at radius 2 is 1.59 bits per heavy atom. The van der Waals surface area contributed by atoms with E-state index in [-0.39, 0.29) is 0 Å². The van der Waals surface area contributed by atoms with E-state index in [4.69, 9.17) is 12.2 Å². The van der Waals surface area contributed by atoms with Gasteiger partial charge >= 0.3 is 0 Å². The molecule has 1 rings (SSSR count). The number of rotatable bonds is 3. The summed E-state index contributed by atoms with van der Waals surface area (Å²) in [6.45, 7) is 11.7. The van der Waals surface area contributed by atoms with E-state index in [1.807, 2.05) is 0 Å². The maximum atomic E-state index is 4.82. The SMILES string of the molecule is CCC1CC(C(C)(C)C)CC(CC)C1N=C=S. The van der Waals surface area contributed by atoms with Gasteiger partial charge in [0.2, 0.25) is 0 Å². The summed E-state index contributed by atoms with van der Waals surface area (Å²) in [6, 6.07) is 0.432. The number of nitrogens with zero attached hydrogens (tertiary/aromatic N) is 1. The first-order valence-electron chi connectivity index (χ1n) is 7.00. The van der Waals surface area contributed by atoms with E-state index in [0.29, 0.717) is 23.3 Å². The van der Waals surface area contributed by atoms with Crippen LogP contribution < -0.4 is 0 Å². The molecular formula is C15H27NS. The second kappa shape index (κ2) is 6.11. The molecule has 0 aromatic carbocycles. The molecule has 1 aliphatic carbocycles. The van der Waals surface area contributed by atoms with Crippen molar-refractivity contribution in [2.75, 3.05) is 0 Å². The van der Waals surface area contributed by atoms with Crippen molar-refractivity contribution in [1.82, 2.24) is 0 Å². The Hall–Kier alpha value is -0.200. The van der Waals surface area contributed by atoms with Gasteiger partial charge in [-0.25, -0.2) is 4.99 Å². The van der Waals surface area contributed by atoms with Crippen LogP contribution >= 0.6 is 12.2 Å². The summed E-state index contributed by atoms with van der Waals surface area (Å²) < 4.78 is 0. The first-order chi connectivity index (χ1) is 7.93. The molecule has 0 aromatic heterocycles. The molecule has 98 valence electrons. The minimum absolute atomic E-state index is 0.424. The molecule has 2 unspecified atom stereocenters. The lowest BCUT2D eigenvalue weighted by Gasteiger charge is -2.44. The molecule has 0 amide bonds. The Balaban J connectivity index is 2.89. The lowest BCUT2D eigenvalue weighted by molar-refractivity contribution is 0.0805. The average Bonchev–Trinajstić information content (AvgIpc) is 2.28. The zero-order chi connectivity index (χ0) is 13.1. The van der Waals surface area contributed by atoms with Crippen molar-refractivity contribution in [3.05, 3.63) is 0 Å². The van der Waals surface area contributed by atoms with Gasteiger partial charge in [-0.1, -0.05) is 47.5 Å². The predicted molar refractivity (Wildman–Crippen MR) is 78.6 cm³/mol. The van der Waals surface area contributed by atoms with E-state index in [1.54, 1.807) is 0 Å². The van der Waals surface area contributed by atoms with Crippen molar-refractivity contribution in [3.63, 3.8) is 0 Å². The lowest BCUT2D eigenvalue weighted by Crippen LogP contribution is -2.39. The number of hydrogen-bond acceptors (Lipinski definition) is 2. The highest BCUT2D eigenvalue weighted by atomic mass is 32.1. The molecule has 0 heterocycles. The Morgan fingerprint density at radius 1 is 1.12 bits per heavy atom. The van der Waals surface area contributed by atoms with Crippen LogP contribution in [-0.2, 0) is 0 Å². The average molecular weight is 253 g/mol.